The summed E-state index contributed by atoms with van der Waals surface area (Å²) in [5, 5.41) is 0.368. The maximum absolute atomic E-state index is 13.0. The fraction of sp³-hybridized carbons (Fsp3) is 0.429. The van der Waals surface area contributed by atoms with Gasteiger partial charge in [-0.05, 0) is 18.4 Å². The normalized spacial score (nSPS) is 16.9. The van der Waals surface area contributed by atoms with Crippen molar-refractivity contribution in [1.29, 1.82) is 0 Å². The molecule has 2 N–H and O–H groups in total. The van der Waals surface area contributed by atoms with E-state index in [1.165, 1.54) is 12.8 Å². The molecule has 4 rings (SSSR count). The van der Waals surface area contributed by atoms with E-state index in [0.29, 0.717) is 36.3 Å². The number of nitrogens with zero attached hydrogens (tertiary/aromatic N) is 3. The maximum Gasteiger partial charge on any atom is 0.320 e. The Kier molecular flexibility index (Phi) is 5.06. The lowest BCUT2D eigenvalue weighted by atomic mass is 10.1. The van der Waals surface area contributed by atoms with Gasteiger partial charge in [-0.2, -0.15) is 0 Å². The minimum Gasteiger partial charge on any atom is -0.365 e. The molecule has 1 aromatic heterocycles. The average Bonchev–Trinajstić information content (AvgIpc) is 3.32. The average molecular weight is 401 g/mol. The number of amides is 3. The van der Waals surface area contributed by atoms with Crippen LogP contribution in [0.2, 0.25) is 5.02 Å². The van der Waals surface area contributed by atoms with Crippen molar-refractivity contribution in [2.24, 2.45) is 5.73 Å². The summed E-state index contributed by atoms with van der Waals surface area (Å²) in [5.74, 6) is -0.561. The lowest BCUT2D eigenvalue weighted by Gasteiger charge is -2.35. The predicted octanol–water partition coefficient (Wildman–Crippen LogP) is 3.72. The van der Waals surface area contributed by atoms with Crippen molar-refractivity contribution < 1.29 is 9.59 Å². The molecule has 0 bridgehead atoms. The molecule has 0 radical (unpaired) electrons. The lowest BCUT2D eigenvalue weighted by molar-refractivity contribution is 0.0994. The van der Waals surface area contributed by atoms with Gasteiger partial charge in [0.1, 0.15) is 0 Å². The molecule has 1 aromatic carbocycles. The number of urea groups is 1. The van der Waals surface area contributed by atoms with Gasteiger partial charge in [0.25, 0.3) is 5.91 Å². The molecule has 0 saturated heterocycles. The fourth-order valence-corrected chi connectivity index (χ4v) is 4.90. The third kappa shape index (κ3) is 3.15. The largest absolute Gasteiger partial charge is 0.365 e. The van der Waals surface area contributed by atoms with Crippen molar-refractivity contribution in [3.05, 3.63) is 46.6 Å². The molecular weight excluding hydrogens is 376 g/mol. The smallest absolute Gasteiger partial charge is 0.320 e. The molecule has 148 valence electrons. The number of nitrogens with two attached hydrogens (primary N) is 1. The summed E-state index contributed by atoms with van der Waals surface area (Å²) in [7, 11) is 1.88. The minimum absolute atomic E-state index is 0.00662. The van der Waals surface area contributed by atoms with Crippen LogP contribution in [0.25, 0.3) is 11.3 Å². The second-order valence-corrected chi connectivity index (χ2v) is 8.00. The van der Waals surface area contributed by atoms with Crippen LogP contribution in [-0.4, -0.2) is 45.9 Å². The quantitative estimate of drug-likeness (QED) is 0.852. The van der Waals surface area contributed by atoms with E-state index < -0.39 is 5.91 Å². The molecule has 0 spiro atoms. The summed E-state index contributed by atoms with van der Waals surface area (Å²) in [6, 6.07) is 10.0. The number of primary amides is 1. The highest BCUT2D eigenvalue weighted by atomic mass is 35.5. The molecule has 1 fully saturated rings. The highest BCUT2D eigenvalue weighted by Crippen LogP contribution is 2.38. The van der Waals surface area contributed by atoms with Gasteiger partial charge in [0.05, 0.1) is 28.5 Å². The molecule has 1 aliphatic heterocycles. The van der Waals surface area contributed by atoms with Crippen LogP contribution < -0.4 is 5.73 Å². The van der Waals surface area contributed by atoms with Gasteiger partial charge in [-0.25, -0.2) is 4.79 Å². The van der Waals surface area contributed by atoms with Crippen LogP contribution in [0.4, 0.5) is 4.79 Å². The van der Waals surface area contributed by atoms with E-state index in [1.807, 2.05) is 46.8 Å². The number of carbonyl (C=O) groups excluding carboxylic acids is 2. The Labute approximate surface area is 169 Å². The van der Waals surface area contributed by atoms with E-state index >= 15 is 0 Å². The zero-order valence-corrected chi connectivity index (χ0v) is 16.8. The Morgan fingerprint density at radius 1 is 1.14 bits per heavy atom. The maximum atomic E-state index is 13.0. The van der Waals surface area contributed by atoms with Crippen molar-refractivity contribution in [2.75, 3.05) is 13.6 Å². The molecule has 1 saturated carbocycles. The van der Waals surface area contributed by atoms with Gasteiger partial charge in [0.15, 0.2) is 0 Å². The van der Waals surface area contributed by atoms with Gasteiger partial charge in [0, 0.05) is 26.2 Å². The first-order chi connectivity index (χ1) is 13.5. The van der Waals surface area contributed by atoms with Crippen LogP contribution in [0.1, 0.15) is 41.7 Å². The summed E-state index contributed by atoms with van der Waals surface area (Å²) >= 11 is 6.61. The monoisotopic (exact) mass is 400 g/mol. The van der Waals surface area contributed by atoms with Crippen LogP contribution in [0.5, 0.6) is 0 Å². The van der Waals surface area contributed by atoms with E-state index in [9.17, 15) is 9.59 Å². The summed E-state index contributed by atoms with van der Waals surface area (Å²) < 4.78 is 2.04. The Hall–Kier alpha value is -2.47. The lowest BCUT2D eigenvalue weighted by Crippen LogP contribution is -2.48. The zero-order valence-electron chi connectivity index (χ0n) is 16.0. The zero-order chi connectivity index (χ0) is 19.8. The number of aromatic nitrogens is 1. The molecule has 2 aliphatic rings. The number of fused-ring (bicyclic) bond motifs is 1. The van der Waals surface area contributed by atoms with Crippen molar-refractivity contribution in [3.63, 3.8) is 0 Å². The minimum atomic E-state index is -0.561. The van der Waals surface area contributed by atoms with Gasteiger partial charge in [-0.15, -0.1) is 0 Å². The van der Waals surface area contributed by atoms with E-state index in [2.05, 4.69) is 0 Å². The second kappa shape index (κ2) is 7.51. The van der Waals surface area contributed by atoms with Gasteiger partial charge >= 0.3 is 6.03 Å². The van der Waals surface area contributed by atoms with Crippen molar-refractivity contribution in [2.45, 2.75) is 44.8 Å². The number of carbonyl (C=O) groups is 2. The van der Waals surface area contributed by atoms with Crippen LogP contribution in [0.3, 0.4) is 0 Å². The molecule has 28 heavy (non-hydrogen) atoms. The molecule has 3 amide bonds. The van der Waals surface area contributed by atoms with E-state index in [0.717, 1.165) is 29.8 Å². The van der Waals surface area contributed by atoms with Crippen molar-refractivity contribution in [1.82, 2.24) is 14.4 Å². The molecule has 2 aromatic rings. The van der Waals surface area contributed by atoms with Gasteiger partial charge in [-0.1, -0.05) is 54.8 Å². The molecular formula is C21H25ClN4O2. The molecule has 2 heterocycles. The van der Waals surface area contributed by atoms with Crippen LogP contribution in [0.15, 0.2) is 30.3 Å². The van der Waals surface area contributed by atoms with Crippen molar-refractivity contribution >= 4 is 23.5 Å². The number of benzene rings is 1. The fourth-order valence-electron chi connectivity index (χ4n) is 4.49. The van der Waals surface area contributed by atoms with Crippen LogP contribution >= 0.6 is 11.6 Å². The Morgan fingerprint density at radius 2 is 1.82 bits per heavy atom. The Bertz CT molecular complexity index is 903. The summed E-state index contributed by atoms with van der Waals surface area (Å²) in [5.41, 5.74) is 8.43. The first kappa shape index (κ1) is 18.9. The molecule has 0 atom stereocenters. The number of rotatable bonds is 3. The summed E-state index contributed by atoms with van der Waals surface area (Å²) in [4.78, 5) is 28.9. The number of hydrogen-bond acceptors (Lipinski definition) is 2. The Morgan fingerprint density at radius 3 is 2.46 bits per heavy atom. The summed E-state index contributed by atoms with van der Waals surface area (Å²) in [6.07, 6.45) is 4.46. The first-order valence-electron chi connectivity index (χ1n) is 9.77. The van der Waals surface area contributed by atoms with Gasteiger partial charge < -0.3 is 20.1 Å². The third-order valence-corrected chi connectivity index (χ3v) is 6.35. The summed E-state index contributed by atoms with van der Waals surface area (Å²) in [6.45, 7) is 1.49. The molecule has 6 nitrogen and oxygen atoms in total. The first-order valence-corrected chi connectivity index (χ1v) is 10.1. The standard InChI is InChI=1S/C21H25ClN4O2/c1-24(15-9-5-6-10-15)21(28)25-11-12-26-16(13-25)17(20(23)27)18(22)19(26)14-7-3-2-4-8-14/h2-4,7-8,15H,5-6,9-13H2,1H3,(H2,23,27). The van der Waals surface area contributed by atoms with Gasteiger partial charge in [-0.3, -0.25) is 4.79 Å². The van der Waals surface area contributed by atoms with E-state index in [-0.39, 0.29) is 6.03 Å². The highest BCUT2D eigenvalue weighted by Gasteiger charge is 2.34. The third-order valence-electron chi connectivity index (χ3n) is 5.98. The van der Waals surface area contributed by atoms with E-state index in [4.69, 9.17) is 17.3 Å². The SMILES string of the molecule is CN(C(=O)N1CCn2c(c(C(N)=O)c(Cl)c2-c2ccccc2)C1)C1CCCC1. The Balaban J connectivity index is 1.68. The number of hydrogen-bond donors (Lipinski definition) is 1. The number of halogens is 1. The second-order valence-electron chi connectivity index (χ2n) is 7.62. The van der Waals surface area contributed by atoms with Gasteiger partial charge in [0.2, 0.25) is 0 Å². The molecule has 1 aliphatic carbocycles. The predicted molar refractivity (Wildman–Crippen MR) is 109 cm³/mol. The highest BCUT2D eigenvalue weighted by molar-refractivity contribution is 6.36. The molecule has 0 unspecified atom stereocenters. The van der Waals surface area contributed by atoms with Crippen LogP contribution in [-0.2, 0) is 13.1 Å². The van der Waals surface area contributed by atoms with E-state index in [1.54, 1.807) is 4.90 Å². The topological polar surface area (TPSA) is 71.6 Å². The molecule has 7 heteroatoms. The van der Waals surface area contributed by atoms with Crippen molar-refractivity contribution in [3.8, 4) is 11.3 Å². The van der Waals surface area contributed by atoms with Crippen LogP contribution in [0, 0.1) is 0 Å².